The Kier molecular flexibility index (Phi) is 7.05. The lowest BCUT2D eigenvalue weighted by Crippen LogP contribution is -2.32. The molecular formula is C12H21N3O3. The smallest absolute Gasteiger partial charge is 0.306 e. The van der Waals surface area contributed by atoms with Crippen molar-refractivity contribution in [3.63, 3.8) is 0 Å². The number of aromatic nitrogens is 2. The Bertz CT molecular complexity index is 327. The Balaban J connectivity index is 2.32. The first kappa shape index (κ1) is 14.7. The first-order chi connectivity index (χ1) is 8.76. The van der Waals surface area contributed by atoms with Crippen LogP contribution in [0.25, 0.3) is 0 Å². The summed E-state index contributed by atoms with van der Waals surface area (Å²) >= 11 is 0. The number of imidazole rings is 1. The van der Waals surface area contributed by atoms with E-state index in [9.17, 15) is 4.79 Å². The summed E-state index contributed by atoms with van der Waals surface area (Å²) in [5, 5.41) is 0. The number of hydrogen-bond acceptors (Lipinski definition) is 5. The third-order valence-electron chi connectivity index (χ3n) is 2.71. The van der Waals surface area contributed by atoms with Gasteiger partial charge in [0.05, 0.1) is 26.5 Å². The van der Waals surface area contributed by atoms with Crippen LogP contribution in [0.4, 0.5) is 0 Å². The molecule has 0 saturated carbocycles. The Morgan fingerprint density at radius 2 is 2.17 bits per heavy atom. The molecule has 0 radical (unpaired) electrons. The molecule has 1 aromatic heterocycles. The van der Waals surface area contributed by atoms with Crippen molar-refractivity contribution < 1.29 is 14.3 Å². The first-order valence-electron chi connectivity index (χ1n) is 6.00. The quantitative estimate of drug-likeness (QED) is 0.598. The topological polar surface area (TPSA) is 56.6 Å². The standard InChI is InChI=1S/C12H21N3O3/c1-17-10-9-14(5-3-12(16)18-2)7-8-15-6-4-13-11-15/h4,6,11H,3,5,7-10H2,1-2H3. The van der Waals surface area contributed by atoms with Crippen LogP contribution in [0.5, 0.6) is 0 Å². The maximum absolute atomic E-state index is 11.1. The fourth-order valence-electron chi connectivity index (χ4n) is 1.58. The molecule has 0 aliphatic rings. The van der Waals surface area contributed by atoms with Crippen molar-refractivity contribution in [1.82, 2.24) is 14.5 Å². The maximum atomic E-state index is 11.1. The lowest BCUT2D eigenvalue weighted by atomic mass is 10.3. The highest BCUT2D eigenvalue weighted by Crippen LogP contribution is 1.96. The molecule has 1 aromatic rings. The molecule has 0 aromatic carbocycles. The van der Waals surface area contributed by atoms with Gasteiger partial charge in [0.2, 0.25) is 0 Å². The van der Waals surface area contributed by atoms with Gasteiger partial charge in [0.1, 0.15) is 0 Å². The summed E-state index contributed by atoms with van der Waals surface area (Å²) < 4.78 is 11.7. The summed E-state index contributed by atoms with van der Waals surface area (Å²) in [4.78, 5) is 17.3. The minimum absolute atomic E-state index is 0.181. The molecular weight excluding hydrogens is 234 g/mol. The van der Waals surface area contributed by atoms with E-state index in [2.05, 4.69) is 14.6 Å². The van der Waals surface area contributed by atoms with Crippen molar-refractivity contribution in [1.29, 1.82) is 0 Å². The van der Waals surface area contributed by atoms with Crippen LogP contribution in [-0.2, 0) is 20.8 Å². The van der Waals surface area contributed by atoms with E-state index in [0.29, 0.717) is 19.6 Å². The van der Waals surface area contributed by atoms with Crippen LogP contribution >= 0.6 is 0 Å². The van der Waals surface area contributed by atoms with Gasteiger partial charge in [-0.05, 0) is 0 Å². The average molecular weight is 255 g/mol. The van der Waals surface area contributed by atoms with E-state index in [0.717, 1.165) is 19.6 Å². The Morgan fingerprint density at radius 3 is 2.78 bits per heavy atom. The molecule has 1 heterocycles. The molecule has 102 valence electrons. The summed E-state index contributed by atoms with van der Waals surface area (Å²) in [6, 6.07) is 0. The van der Waals surface area contributed by atoms with Gasteiger partial charge in [-0.2, -0.15) is 0 Å². The van der Waals surface area contributed by atoms with Crippen molar-refractivity contribution in [3.05, 3.63) is 18.7 Å². The van der Waals surface area contributed by atoms with Crippen LogP contribution in [0.1, 0.15) is 6.42 Å². The zero-order valence-electron chi connectivity index (χ0n) is 11.0. The zero-order chi connectivity index (χ0) is 13.2. The van der Waals surface area contributed by atoms with E-state index in [1.807, 2.05) is 10.8 Å². The maximum Gasteiger partial charge on any atom is 0.306 e. The number of ether oxygens (including phenoxy) is 2. The van der Waals surface area contributed by atoms with E-state index >= 15 is 0 Å². The van der Waals surface area contributed by atoms with E-state index in [1.165, 1.54) is 7.11 Å². The largest absolute Gasteiger partial charge is 0.469 e. The minimum Gasteiger partial charge on any atom is -0.469 e. The Morgan fingerprint density at radius 1 is 1.33 bits per heavy atom. The molecule has 0 aliphatic heterocycles. The highest BCUT2D eigenvalue weighted by atomic mass is 16.5. The van der Waals surface area contributed by atoms with Crippen LogP contribution in [-0.4, -0.2) is 60.9 Å². The van der Waals surface area contributed by atoms with E-state index < -0.39 is 0 Å². The molecule has 0 aliphatic carbocycles. The monoisotopic (exact) mass is 255 g/mol. The number of nitrogens with zero attached hydrogens (tertiary/aromatic N) is 3. The molecule has 0 fully saturated rings. The number of hydrogen-bond donors (Lipinski definition) is 0. The molecule has 0 saturated heterocycles. The normalized spacial score (nSPS) is 10.8. The predicted molar refractivity (Wildman–Crippen MR) is 67.2 cm³/mol. The third-order valence-corrected chi connectivity index (χ3v) is 2.71. The second-order valence-electron chi connectivity index (χ2n) is 3.96. The van der Waals surface area contributed by atoms with Crippen LogP contribution in [0, 0.1) is 0 Å². The van der Waals surface area contributed by atoms with Crippen molar-refractivity contribution >= 4 is 5.97 Å². The van der Waals surface area contributed by atoms with Crippen LogP contribution < -0.4 is 0 Å². The lowest BCUT2D eigenvalue weighted by Gasteiger charge is -2.21. The molecule has 18 heavy (non-hydrogen) atoms. The van der Waals surface area contributed by atoms with Crippen molar-refractivity contribution in [2.24, 2.45) is 0 Å². The minimum atomic E-state index is -0.181. The number of carbonyl (C=O) groups excluding carboxylic acids is 1. The summed E-state index contributed by atoms with van der Waals surface area (Å²) in [5.41, 5.74) is 0. The molecule has 1 rings (SSSR count). The molecule has 6 nitrogen and oxygen atoms in total. The van der Waals surface area contributed by atoms with Gasteiger partial charge in [-0.3, -0.25) is 9.69 Å². The van der Waals surface area contributed by atoms with Gasteiger partial charge in [-0.25, -0.2) is 4.98 Å². The molecule has 0 unspecified atom stereocenters. The third kappa shape index (κ3) is 5.79. The van der Waals surface area contributed by atoms with Gasteiger partial charge in [0, 0.05) is 45.7 Å². The fourth-order valence-corrected chi connectivity index (χ4v) is 1.58. The van der Waals surface area contributed by atoms with Gasteiger partial charge >= 0.3 is 5.97 Å². The van der Waals surface area contributed by atoms with Crippen molar-refractivity contribution in [2.75, 3.05) is 40.5 Å². The van der Waals surface area contributed by atoms with E-state index in [1.54, 1.807) is 19.6 Å². The summed E-state index contributed by atoms with van der Waals surface area (Å²) in [5.74, 6) is -0.181. The summed E-state index contributed by atoms with van der Waals surface area (Å²) in [6.45, 7) is 3.86. The number of carbonyl (C=O) groups is 1. The fraction of sp³-hybridized carbons (Fsp3) is 0.667. The van der Waals surface area contributed by atoms with Crippen LogP contribution in [0.2, 0.25) is 0 Å². The van der Waals surface area contributed by atoms with Crippen LogP contribution in [0.3, 0.4) is 0 Å². The Hall–Kier alpha value is -1.40. The van der Waals surface area contributed by atoms with Gasteiger partial charge < -0.3 is 14.0 Å². The van der Waals surface area contributed by atoms with Gasteiger partial charge in [0.15, 0.2) is 0 Å². The molecule has 0 atom stereocenters. The Labute approximate surface area is 108 Å². The number of esters is 1. The molecule has 0 spiro atoms. The molecule has 0 amide bonds. The van der Waals surface area contributed by atoms with Gasteiger partial charge in [-0.1, -0.05) is 0 Å². The van der Waals surface area contributed by atoms with Crippen molar-refractivity contribution in [2.45, 2.75) is 13.0 Å². The highest BCUT2D eigenvalue weighted by Gasteiger charge is 2.08. The van der Waals surface area contributed by atoms with Crippen LogP contribution in [0.15, 0.2) is 18.7 Å². The van der Waals surface area contributed by atoms with E-state index in [-0.39, 0.29) is 5.97 Å². The second kappa shape index (κ2) is 8.66. The van der Waals surface area contributed by atoms with Gasteiger partial charge in [-0.15, -0.1) is 0 Å². The number of methoxy groups -OCH3 is 2. The van der Waals surface area contributed by atoms with Crippen molar-refractivity contribution in [3.8, 4) is 0 Å². The highest BCUT2D eigenvalue weighted by molar-refractivity contribution is 5.69. The predicted octanol–water partition coefficient (Wildman–Crippen LogP) is 0.395. The zero-order valence-corrected chi connectivity index (χ0v) is 11.0. The molecule has 0 bridgehead atoms. The first-order valence-corrected chi connectivity index (χ1v) is 6.00. The lowest BCUT2D eigenvalue weighted by molar-refractivity contribution is -0.141. The number of rotatable bonds is 9. The van der Waals surface area contributed by atoms with Gasteiger partial charge in [0.25, 0.3) is 0 Å². The molecule has 0 N–H and O–H groups in total. The molecule has 6 heteroatoms. The summed E-state index contributed by atoms with van der Waals surface area (Å²) in [6.07, 6.45) is 5.88. The SMILES string of the molecule is COCCN(CCC(=O)OC)CCn1ccnc1. The summed E-state index contributed by atoms with van der Waals surface area (Å²) in [7, 11) is 3.08. The van der Waals surface area contributed by atoms with E-state index in [4.69, 9.17) is 4.74 Å². The average Bonchev–Trinajstić information content (AvgIpc) is 2.90. The second-order valence-corrected chi connectivity index (χ2v) is 3.96.